The van der Waals surface area contributed by atoms with Gasteiger partial charge < -0.3 is 14.8 Å². The average Bonchev–Trinajstić information content (AvgIpc) is 2.42. The standard InChI is InChI=1S/C16H23NO4/c1-10(2)16(12(4)18)17-15(19)9-21-13-7-6-11(3)8-14(13)20-5/h6-8,10,16H,9H2,1-5H3,(H,17,19). The first-order valence-corrected chi connectivity index (χ1v) is 6.92. The third-order valence-corrected chi connectivity index (χ3v) is 3.10. The summed E-state index contributed by atoms with van der Waals surface area (Å²) in [6, 6.07) is 4.98. The topological polar surface area (TPSA) is 64.6 Å². The maximum absolute atomic E-state index is 11.9. The molecular weight excluding hydrogens is 270 g/mol. The van der Waals surface area contributed by atoms with Crippen LogP contribution in [0.15, 0.2) is 18.2 Å². The van der Waals surface area contributed by atoms with Gasteiger partial charge in [-0.1, -0.05) is 19.9 Å². The lowest BCUT2D eigenvalue weighted by Crippen LogP contribution is -2.45. The zero-order valence-electron chi connectivity index (χ0n) is 13.2. The Morgan fingerprint density at radius 3 is 2.43 bits per heavy atom. The molecule has 5 nitrogen and oxygen atoms in total. The molecule has 0 saturated carbocycles. The van der Waals surface area contributed by atoms with Gasteiger partial charge in [-0.15, -0.1) is 0 Å². The Balaban J connectivity index is 2.63. The minimum Gasteiger partial charge on any atom is -0.493 e. The number of carbonyl (C=O) groups is 2. The predicted molar refractivity (Wildman–Crippen MR) is 80.7 cm³/mol. The summed E-state index contributed by atoms with van der Waals surface area (Å²) >= 11 is 0. The lowest BCUT2D eigenvalue weighted by atomic mass is 10.0. The first-order chi connectivity index (χ1) is 9.85. The second-order valence-electron chi connectivity index (χ2n) is 5.34. The van der Waals surface area contributed by atoms with Crippen LogP contribution in [-0.4, -0.2) is 31.4 Å². The smallest absolute Gasteiger partial charge is 0.258 e. The fourth-order valence-corrected chi connectivity index (χ4v) is 1.99. The molecule has 0 bridgehead atoms. The second kappa shape index (κ2) is 7.67. The Morgan fingerprint density at radius 2 is 1.90 bits per heavy atom. The highest BCUT2D eigenvalue weighted by Gasteiger charge is 2.20. The maximum atomic E-state index is 11.9. The van der Waals surface area contributed by atoms with Crippen LogP contribution in [0, 0.1) is 12.8 Å². The molecular formula is C16H23NO4. The van der Waals surface area contributed by atoms with E-state index in [2.05, 4.69) is 5.32 Å². The molecule has 0 saturated heterocycles. The molecule has 116 valence electrons. The molecule has 5 heteroatoms. The summed E-state index contributed by atoms with van der Waals surface area (Å²) in [4.78, 5) is 23.3. The Morgan fingerprint density at radius 1 is 1.24 bits per heavy atom. The zero-order chi connectivity index (χ0) is 16.0. The summed E-state index contributed by atoms with van der Waals surface area (Å²) in [5.41, 5.74) is 1.04. The number of hydrogen-bond donors (Lipinski definition) is 1. The normalized spacial score (nSPS) is 11.9. The maximum Gasteiger partial charge on any atom is 0.258 e. The summed E-state index contributed by atoms with van der Waals surface area (Å²) in [7, 11) is 1.55. The first kappa shape index (κ1) is 17.0. The number of Topliss-reactive ketones (excluding diaryl/α,β-unsaturated/α-hetero) is 1. The fourth-order valence-electron chi connectivity index (χ4n) is 1.99. The van der Waals surface area contributed by atoms with Gasteiger partial charge in [0.25, 0.3) is 5.91 Å². The van der Waals surface area contributed by atoms with Crippen molar-refractivity contribution in [2.75, 3.05) is 13.7 Å². The third kappa shape index (κ3) is 5.10. The summed E-state index contributed by atoms with van der Waals surface area (Å²) in [6.45, 7) is 7.02. The lowest BCUT2D eigenvalue weighted by Gasteiger charge is -2.19. The van der Waals surface area contributed by atoms with Gasteiger partial charge in [-0.3, -0.25) is 9.59 Å². The highest BCUT2D eigenvalue weighted by atomic mass is 16.5. The number of benzene rings is 1. The average molecular weight is 293 g/mol. The molecule has 0 heterocycles. The van der Waals surface area contributed by atoms with E-state index in [0.29, 0.717) is 11.5 Å². The molecule has 1 N–H and O–H groups in total. The van der Waals surface area contributed by atoms with Gasteiger partial charge >= 0.3 is 0 Å². The molecule has 1 aromatic rings. The van der Waals surface area contributed by atoms with Crippen molar-refractivity contribution in [1.82, 2.24) is 5.32 Å². The van der Waals surface area contributed by atoms with Crippen LogP contribution < -0.4 is 14.8 Å². The van der Waals surface area contributed by atoms with Crippen LogP contribution in [0.5, 0.6) is 11.5 Å². The van der Waals surface area contributed by atoms with Gasteiger partial charge in [0.15, 0.2) is 23.9 Å². The number of aryl methyl sites for hydroxylation is 1. The summed E-state index contributed by atoms with van der Waals surface area (Å²) < 4.78 is 10.7. The van der Waals surface area contributed by atoms with Gasteiger partial charge in [0, 0.05) is 0 Å². The number of hydrogen-bond acceptors (Lipinski definition) is 4. The molecule has 1 rings (SSSR count). The van der Waals surface area contributed by atoms with E-state index in [1.807, 2.05) is 32.9 Å². The van der Waals surface area contributed by atoms with Crippen LogP contribution in [0.25, 0.3) is 0 Å². The van der Waals surface area contributed by atoms with Crippen LogP contribution in [0.3, 0.4) is 0 Å². The van der Waals surface area contributed by atoms with Crippen molar-refractivity contribution in [3.05, 3.63) is 23.8 Å². The molecule has 1 unspecified atom stereocenters. The van der Waals surface area contributed by atoms with Crippen molar-refractivity contribution < 1.29 is 19.1 Å². The van der Waals surface area contributed by atoms with E-state index in [-0.39, 0.29) is 24.2 Å². The Labute approximate surface area is 125 Å². The van der Waals surface area contributed by atoms with Gasteiger partial charge in [-0.05, 0) is 37.5 Å². The molecule has 1 aromatic carbocycles. The molecule has 0 fully saturated rings. The predicted octanol–water partition coefficient (Wildman–Crippen LogP) is 2.11. The van der Waals surface area contributed by atoms with E-state index in [1.54, 1.807) is 13.2 Å². The highest BCUT2D eigenvalue weighted by Crippen LogP contribution is 2.27. The van der Waals surface area contributed by atoms with E-state index in [0.717, 1.165) is 5.56 Å². The number of nitrogens with one attached hydrogen (secondary N) is 1. The molecule has 0 spiro atoms. The Kier molecular flexibility index (Phi) is 6.21. The molecule has 0 aliphatic heterocycles. The van der Waals surface area contributed by atoms with Gasteiger partial charge in [0.2, 0.25) is 0 Å². The minimum absolute atomic E-state index is 0.0420. The SMILES string of the molecule is COc1cc(C)ccc1OCC(=O)NC(C(C)=O)C(C)C. The van der Waals surface area contributed by atoms with E-state index >= 15 is 0 Å². The van der Waals surface area contributed by atoms with Crippen molar-refractivity contribution >= 4 is 11.7 Å². The molecule has 0 radical (unpaired) electrons. The first-order valence-electron chi connectivity index (χ1n) is 6.92. The number of rotatable bonds is 7. The lowest BCUT2D eigenvalue weighted by molar-refractivity contribution is -0.129. The van der Waals surface area contributed by atoms with Crippen molar-refractivity contribution in [2.45, 2.75) is 33.7 Å². The van der Waals surface area contributed by atoms with Gasteiger partial charge in [-0.25, -0.2) is 0 Å². The Hall–Kier alpha value is -2.04. The summed E-state index contributed by atoms with van der Waals surface area (Å²) in [5, 5.41) is 2.68. The van der Waals surface area contributed by atoms with E-state index in [1.165, 1.54) is 6.92 Å². The number of methoxy groups -OCH3 is 1. The van der Waals surface area contributed by atoms with Crippen molar-refractivity contribution in [3.63, 3.8) is 0 Å². The Bertz CT molecular complexity index is 511. The number of amides is 1. The number of carbonyl (C=O) groups excluding carboxylic acids is 2. The van der Waals surface area contributed by atoms with E-state index in [4.69, 9.17) is 9.47 Å². The highest BCUT2D eigenvalue weighted by molar-refractivity contribution is 5.88. The van der Waals surface area contributed by atoms with Crippen LogP contribution >= 0.6 is 0 Å². The quantitative estimate of drug-likeness (QED) is 0.836. The molecule has 0 aliphatic rings. The minimum atomic E-state index is -0.485. The molecule has 0 aromatic heterocycles. The molecule has 1 atom stereocenters. The van der Waals surface area contributed by atoms with Gasteiger partial charge in [0.1, 0.15) is 0 Å². The largest absolute Gasteiger partial charge is 0.493 e. The fraction of sp³-hybridized carbons (Fsp3) is 0.500. The van der Waals surface area contributed by atoms with Crippen molar-refractivity contribution in [1.29, 1.82) is 0 Å². The second-order valence-corrected chi connectivity index (χ2v) is 5.34. The van der Waals surface area contributed by atoms with Gasteiger partial charge in [-0.2, -0.15) is 0 Å². The van der Waals surface area contributed by atoms with Crippen LogP contribution in [0.2, 0.25) is 0 Å². The zero-order valence-corrected chi connectivity index (χ0v) is 13.2. The van der Waals surface area contributed by atoms with Crippen LogP contribution in [0.1, 0.15) is 26.3 Å². The monoisotopic (exact) mass is 293 g/mol. The van der Waals surface area contributed by atoms with E-state index in [9.17, 15) is 9.59 Å². The third-order valence-electron chi connectivity index (χ3n) is 3.10. The molecule has 1 amide bonds. The van der Waals surface area contributed by atoms with Gasteiger partial charge in [0.05, 0.1) is 13.2 Å². The summed E-state index contributed by atoms with van der Waals surface area (Å²) in [5.74, 6) is 0.732. The number of ketones is 1. The van der Waals surface area contributed by atoms with Crippen molar-refractivity contribution in [2.24, 2.45) is 5.92 Å². The number of ether oxygens (including phenoxy) is 2. The summed E-state index contributed by atoms with van der Waals surface area (Å²) in [6.07, 6.45) is 0. The van der Waals surface area contributed by atoms with E-state index < -0.39 is 6.04 Å². The van der Waals surface area contributed by atoms with Crippen molar-refractivity contribution in [3.8, 4) is 11.5 Å². The molecule has 21 heavy (non-hydrogen) atoms. The molecule has 0 aliphatic carbocycles. The van der Waals surface area contributed by atoms with Crippen LogP contribution in [-0.2, 0) is 9.59 Å². The van der Waals surface area contributed by atoms with Crippen LogP contribution in [0.4, 0.5) is 0 Å².